The third kappa shape index (κ3) is 8.53. The molecule has 1 aliphatic heterocycles. The number of amides is 3. The number of alkyl carbamates (subject to hydrolysis) is 1. The second-order valence-corrected chi connectivity index (χ2v) is 7.99. The lowest BCUT2D eigenvalue weighted by Crippen LogP contribution is -2.51. The Morgan fingerprint density at radius 2 is 1.81 bits per heavy atom. The van der Waals surface area contributed by atoms with E-state index in [-0.39, 0.29) is 24.3 Å². The van der Waals surface area contributed by atoms with Gasteiger partial charge in [0.05, 0.1) is 6.10 Å². The summed E-state index contributed by atoms with van der Waals surface area (Å²) in [4.78, 5) is 42.4. The predicted octanol–water partition coefficient (Wildman–Crippen LogP) is 1.92. The summed E-state index contributed by atoms with van der Waals surface area (Å²) in [5, 5.41) is 16.2. The van der Waals surface area contributed by atoms with E-state index in [0.29, 0.717) is 31.6 Å². The van der Waals surface area contributed by atoms with E-state index < -0.39 is 18.2 Å². The van der Waals surface area contributed by atoms with E-state index in [2.05, 4.69) is 15.6 Å². The molecule has 1 aromatic rings. The Morgan fingerprint density at radius 3 is 2.45 bits per heavy atom. The van der Waals surface area contributed by atoms with Crippen LogP contribution in [0.25, 0.3) is 0 Å². The van der Waals surface area contributed by atoms with Crippen LogP contribution in [0.2, 0.25) is 0 Å². The van der Waals surface area contributed by atoms with Gasteiger partial charge in [-0.3, -0.25) is 14.6 Å². The molecule has 0 saturated carbocycles. The first-order valence-corrected chi connectivity index (χ1v) is 11.0. The minimum absolute atomic E-state index is 0.164. The molecule has 0 unspecified atom stereocenters. The normalized spacial score (nSPS) is 15.4. The number of carbonyl (C=O) groups is 3. The van der Waals surface area contributed by atoms with Crippen LogP contribution in [0.1, 0.15) is 64.0 Å². The number of aromatic nitrogens is 1. The number of ether oxygens (including phenoxy) is 1. The van der Waals surface area contributed by atoms with E-state index in [1.165, 1.54) is 0 Å². The lowest BCUT2D eigenvalue weighted by atomic mass is 10.0. The molecule has 2 atom stereocenters. The Kier molecular flexibility index (Phi) is 10.2. The molecule has 0 aliphatic carbocycles. The molecule has 3 amide bonds. The van der Waals surface area contributed by atoms with Crippen LogP contribution in [0.4, 0.5) is 4.79 Å². The molecule has 3 N–H and O–H groups in total. The van der Waals surface area contributed by atoms with Crippen molar-refractivity contribution in [2.75, 3.05) is 19.6 Å². The Balaban J connectivity index is 1.81. The molecular formula is C22H34N4O5. The summed E-state index contributed by atoms with van der Waals surface area (Å²) in [6.45, 7) is 5.32. The zero-order valence-electron chi connectivity index (χ0n) is 18.4. The molecule has 9 heteroatoms. The second-order valence-electron chi connectivity index (χ2n) is 7.99. The Bertz CT molecular complexity index is 707. The first-order chi connectivity index (χ1) is 14.9. The van der Waals surface area contributed by atoms with Crippen LogP contribution in [-0.2, 0) is 14.3 Å². The van der Waals surface area contributed by atoms with Crippen molar-refractivity contribution in [2.45, 2.75) is 70.6 Å². The van der Waals surface area contributed by atoms with E-state index in [1.807, 2.05) is 0 Å². The first kappa shape index (κ1) is 24.6. The molecule has 1 fully saturated rings. The highest BCUT2D eigenvalue weighted by Crippen LogP contribution is 2.20. The molecule has 0 bridgehead atoms. The fourth-order valence-electron chi connectivity index (χ4n) is 3.44. The second kappa shape index (κ2) is 12.9. The number of likely N-dealkylation sites (tertiary alicyclic amines) is 1. The van der Waals surface area contributed by atoms with Crippen molar-refractivity contribution in [3.63, 3.8) is 0 Å². The quantitative estimate of drug-likeness (QED) is 0.458. The Morgan fingerprint density at radius 1 is 1.13 bits per heavy atom. The average Bonchev–Trinajstić information content (AvgIpc) is 3.28. The van der Waals surface area contributed by atoms with Gasteiger partial charge in [0.25, 0.3) is 0 Å². The van der Waals surface area contributed by atoms with Crippen LogP contribution in [0.3, 0.4) is 0 Å². The molecular weight excluding hydrogens is 400 g/mol. The van der Waals surface area contributed by atoms with Gasteiger partial charge in [-0.1, -0.05) is 6.42 Å². The van der Waals surface area contributed by atoms with Gasteiger partial charge in [0.15, 0.2) is 0 Å². The lowest BCUT2D eigenvalue weighted by molar-refractivity contribution is -0.139. The topological polar surface area (TPSA) is 121 Å². The standard InChI is InChI=1S/C22H34N4O5/c1-16(2)31-22(30)24-11-5-3-4-8-18(27)25-19(21(29)26-14-6-7-15-26)20(28)17-9-12-23-13-10-17/h9-10,12-13,16,19-20,28H,3-8,11,14-15H2,1-2H3,(H,24,30)(H,25,27)/t19-,20+/m1/s1. The van der Waals surface area contributed by atoms with E-state index in [1.54, 1.807) is 43.3 Å². The Hall–Kier alpha value is -2.68. The lowest BCUT2D eigenvalue weighted by Gasteiger charge is -2.28. The molecule has 2 rings (SSSR count). The van der Waals surface area contributed by atoms with Crippen molar-refractivity contribution < 1.29 is 24.2 Å². The van der Waals surface area contributed by atoms with Crippen LogP contribution in [0.15, 0.2) is 24.5 Å². The van der Waals surface area contributed by atoms with Gasteiger partial charge in [-0.2, -0.15) is 0 Å². The summed E-state index contributed by atoms with van der Waals surface area (Å²) in [6, 6.07) is 2.25. The number of pyridine rings is 1. The number of hydrogen-bond donors (Lipinski definition) is 3. The van der Waals surface area contributed by atoms with Gasteiger partial charge in [-0.05, 0) is 57.2 Å². The summed E-state index contributed by atoms with van der Waals surface area (Å²) in [5.74, 6) is -0.541. The summed E-state index contributed by atoms with van der Waals surface area (Å²) < 4.78 is 4.98. The first-order valence-electron chi connectivity index (χ1n) is 11.0. The number of nitrogens with one attached hydrogen (secondary N) is 2. The van der Waals surface area contributed by atoms with Crippen LogP contribution < -0.4 is 10.6 Å². The summed E-state index contributed by atoms with van der Waals surface area (Å²) in [6.07, 6.45) is 5.51. The third-order valence-electron chi connectivity index (χ3n) is 5.06. The van der Waals surface area contributed by atoms with Crippen molar-refractivity contribution in [1.29, 1.82) is 0 Å². The zero-order chi connectivity index (χ0) is 22.6. The predicted molar refractivity (Wildman–Crippen MR) is 115 cm³/mol. The molecule has 1 aromatic heterocycles. The number of hydrogen-bond acceptors (Lipinski definition) is 6. The van der Waals surface area contributed by atoms with Crippen molar-refractivity contribution >= 4 is 17.9 Å². The highest BCUT2D eigenvalue weighted by atomic mass is 16.6. The highest BCUT2D eigenvalue weighted by Gasteiger charge is 2.33. The average molecular weight is 435 g/mol. The van der Waals surface area contributed by atoms with Gasteiger partial charge < -0.3 is 25.4 Å². The van der Waals surface area contributed by atoms with Crippen LogP contribution in [0.5, 0.6) is 0 Å². The maximum atomic E-state index is 12.9. The van der Waals surface area contributed by atoms with Crippen LogP contribution in [0, 0.1) is 0 Å². The van der Waals surface area contributed by atoms with Gasteiger partial charge in [0.2, 0.25) is 11.8 Å². The fraction of sp³-hybridized carbons (Fsp3) is 0.636. The summed E-state index contributed by atoms with van der Waals surface area (Å²) >= 11 is 0. The number of carbonyl (C=O) groups excluding carboxylic acids is 3. The molecule has 0 spiro atoms. The van der Waals surface area contributed by atoms with Crippen molar-refractivity contribution in [3.8, 4) is 0 Å². The highest BCUT2D eigenvalue weighted by molar-refractivity contribution is 5.88. The number of rotatable bonds is 11. The van der Waals surface area contributed by atoms with Crippen LogP contribution in [-0.4, -0.2) is 64.7 Å². The minimum Gasteiger partial charge on any atom is -0.447 e. The minimum atomic E-state index is -1.14. The molecule has 0 aromatic carbocycles. The third-order valence-corrected chi connectivity index (χ3v) is 5.06. The van der Waals surface area contributed by atoms with E-state index in [4.69, 9.17) is 4.74 Å². The Labute approximate surface area is 183 Å². The maximum absolute atomic E-state index is 12.9. The maximum Gasteiger partial charge on any atom is 0.407 e. The van der Waals surface area contributed by atoms with Crippen molar-refractivity contribution in [2.24, 2.45) is 0 Å². The number of nitrogens with zero attached hydrogens (tertiary/aromatic N) is 2. The van der Waals surface area contributed by atoms with Gasteiger partial charge in [-0.25, -0.2) is 4.79 Å². The monoisotopic (exact) mass is 434 g/mol. The molecule has 172 valence electrons. The summed E-state index contributed by atoms with van der Waals surface area (Å²) in [5.41, 5.74) is 0.534. The number of aliphatic hydroxyl groups excluding tert-OH is 1. The molecule has 0 radical (unpaired) electrons. The van der Waals surface area contributed by atoms with Crippen molar-refractivity contribution in [3.05, 3.63) is 30.1 Å². The fourth-order valence-corrected chi connectivity index (χ4v) is 3.44. The van der Waals surface area contributed by atoms with E-state index in [9.17, 15) is 19.5 Å². The number of unbranched alkanes of at least 4 members (excludes halogenated alkanes) is 2. The largest absolute Gasteiger partial charge is 0.447 e. The summed E-state index contributed by atoms with van der Waals surface area (Å²) in [7, 11) is 0. The van der Waals surface area contributed by atoms with Gasteiger partial charge in [0, 0.05) is 38.4 Å². The van der Waals surface area contributed by atoms with Gasteiger partial charge in [-0.15, -0.1) is 0 Å². The van der Waals surface area contributed by atoms with E-state index in [0.717, 1.165) is 25.7 Å². The molecule has 1 aliphatic rings. The van der Waals surface area contributed by atoms with Gasteiger partial charge >= 0.3 is 6.09 Å². The van der Waals surface area contributed by atoms with E-state index >= 15 is 0 Å². The molecule has 9 nitrogen and oxygen atoms in total. The van der Waals surface area contributed by atoms with Crippen LogP contribution >= 0.6 is 0 Å². The number of aliphatic hydroxyl groups is 1. The smallest absolute Gasteiger partial charge is 0.407 e. The SMILES string of the molecule is CC(C)OC(=O)NCCCCCC(=O)N[C@@H](C(=O)N1CCCC1)[C@@H](O)c1ccncc1. The van der Waals surface area contributed by atoms with Gasteiger partial charge in [0.1, 0.15) is 12.1 Å². The van der Waals surface area contributed by atoms with Crippen molar-refractivity contribution in [1.82, 2.24) is 20.5 Å². The molecule has 31 heavy (non-hydrogen) atoms. The molecule has 2 heterocycles. The zero-order valence-corrected chi connectivity index (χ0v) is 18.4. The molecule has 1 saturated heterocycles.